The van der Waals surface area contributed by atoms with E-state index in [-0.39, 0.29) is 18.0 Å². The minimum atomic E-state index is -0.148. The summed E-state index contributed by atoms with van der Waals surface area (Å²) in [5.41, 5.74) is 5.02. The van der Waals surface area contributed by atoms with E-state index in [1.165, 1.54) is 5.56 Å². The van der Waals surface area contributed by atoms with Gasteiger partial charge < -0.3 is 14.8 Å². The smallest absolute Gasteiger partial charge is 0.255 e. The maximum Gasteiger partial charge on any atom is 0.255 e. The van der Waals surface area contributed by atoms with Crippen molar-refractivity contribution >= 4 is 5.91 Å². The Kier molecular flexibility index (Phi) is 10.7. The van der Waals surface area contributed by atoms with Crippen molar-refractivity contribution in [3.63, 3.8) is 0 Å². The van der Waals surface area contributed by atoms with Gasteiger partial charge in [0.05, 0.1) is 23.9 Å². The van der Waals surface area contributed by atoms with Crippen LogP contribution in [-0.4, -0.2) is 54.2 Å². The molecule has 0 bridgehead atoms. The molecule has 3 aromatic carbocycles. The Morgan fingerprint density at radius 3 is 2.29 bits per heavy atom. The van der Waals surface area contributed by atoms with E-state index in [1.807, 2.05) is 61.5 Å². The van der Waals surface area contributed by atoms with E-state index in [1.54, 1.807) is 0 Å². The number of hydrogen-bond acceptors (Lipinski definition) is 5. The molecule has 2 atom stereocenters. The molecule has 1 amide bonds. The van der Waals surface area contributed by atoms with E-state index in [9.17, 15) is 4.79 Å². The lowest BCUT2D eigenvalue weighted by Gasteiger charge is -2.32. The Hall–Kier alpha value is -4.00. The Balaban J connectivity index is 1.41. The van der Waals surface area contributed by atoms with Crippen molar-refractivity contribution in [2.24, 2.45) is 0 Å². The molecule has 6 heteroatoms. The molecule has 1 N–H and O–H groups in total. The summed E-state index contributed by atoms with van der Waals surface area (Å²) in [5.74, 6) is 0.446. The highest BCUT2D eigenvalue weighted by atomic mass is 16.5. The van der Waals surface area contributed by atoms with Crippen molar-refractivity contribution in [1.82, 2.24) is 15.2 Å². The summed E-state index contributed by atoms with van der Waals surface area (Å²) in [6.07, 6.45) is 3.45. The third kappa shape index (κ3) is 8.75. The van der Waals surface area contributed by atoms with Crippen LogP contribution in [0.25, 0.3) is 0 Å². The van der Waals surface area contributed by atoms with Crippen molar-refractivity contribution in [2.75, 3.05) is 26.4 Å². The number of carbonyl (C=O) groups excluding carboxylic acids is 1. The van der Waals surface area contributed by atoms with Crippen LogP contribution in [0.1, 0.15) is 45.7 Å². The SMILES string of the molecule is Cc1cccc(CN2CCCCOC[C@H](Cc3ccccc3)NC(=O)c3ccccc3OC[C@@H]2Cc2ccccc2)n1. The number of aryl methyl sites for hydroxylation is 1. The topological polar surface area (TPSA) is 63.7 Å². The van der Waals surface area contributed by atoms with Gasteiger partial charge in [-0.05, 0) is 74.5 Å². The Morgan fingerprint density at radius 2 is 1.52 bits per heavy atom. The first-order valence-electron chi connectivity index (χ1n) is 15.0. The Morgan fingerprint density at radius 1 is 0.810 bits per heavy atom. The van der Waals surface area contributed by atoms with E-state index >= 15 is 0 Å². The molecule has 4 aromatic rings. The van der Waals surface area contributed by atoms with Crippen LogP contribution in [0.4, 0.5) is 0 Å². The second-order valence-electron chi connectivity index (χ2n) is 11.0. The molecule has 0 spiro atoms. The van der Waals surface area contributed by atoms with Crippen LogP contribution in [-0.2, 0) is 24.1 Å². The predicted octanol–water partition coefficient (Wildman–Crippen LogP) is 6.03. The van der Waals surface area contributed by atoms with Crippen molar-refractivity contribution in [3.05, 3.63) is 131 Å². The number of benzene rings is 3. The first-order chi connectivity index (χ1) is 20.6. The number of carbonyl (C=O) groups is 1. The van der Waals surface area contributed by atoms with Crippen LogP contribution in [0.2, 0.25) is 0 Å². The van der Waals surface area contributed by atoms with Crippen LogP contribution in [0.3, 0.4) is 0 Å². The Labute approximate surface area is 249 Å². The molecule has 1 aliphatic rings. The van der Waals surface area contributed by atoms with Gasteiger partial charge in [0.15, 0.2) is 0 Å². The lowest BCUT2D eigenvalue weighted by Crippen LogP contribution is -2.42. The van der Waals surface area contributed by atoms with Crippen molar-refractivity contribution in [2.45, 2.75) is 51.2 Å². The molecule has 5 rings (SSSR count). The van der Waals surface area contributed by atoms with E-state index in [4.69, 9.17) is 14.5 Å². The number of aromatic nitrogens is 1. The second kappa shape index (κ2) is 15.3. The average molecular weight is 564 g/mol. The largest absolute Gasteiger partial charge is 0.491 e. The molecule has 218 valence electrons. The number of pyridine rings is 1. The number of nitrogens with zero attached hydrogens (tertiary/aromatic N) is 2. The lowest BCUT2D eigenvalue weighted by molar-refractivity contribution is 0.0819. The maximum atomic E-state index is 13.6. The molecule has 2 heterocycles. The monoisotopic (exact) mass is 563 g/mol. The second-order valence-corrected chi connectivity index (χ2v) is 11.0. The summed E-state index contributed by atoms with van der Waals surface area (Å²) in [6, 6.07) is 34.4. The van der Waals surface area contributed by atoms with Crippen molar-refractivity contribution < 1.29 is 14.3 Å². The summed E-state index contributed by atoms with van der Waals surface area (Å²) in [7, 11) is 0. The van der Waals surface area contributed by atoms with Crippen molar-refractivity contribution in [3.8, 4) is 5.75 Å². The number of rotatable bonds is 6. The molecule has 0 unspecified atom stereocenters. The fraction of sp³-hybridized carbons (Fsp3) is 0.333. The van der Waals surface area contributed by atoms with Gasteiger partial charge in [-0.25, -0.2) is 0 Å². The molecule has 42 heavy (non-hydrogen) atoms. The number of fused-ring (bicyclic) bond motifs is 1. The minimum absolute atomic E-state index is 0.0858. The number of ether oxygens (including phenoxy) is 2. The minimum Gasteiger partial charge on any atom is -0.491 e. The van der Waals surface area contributed by atoms with E-state index < -0.39 is 0 Å². The highest BCUT2D eigenvalue weighted by Crippen LogP contribution is 2.22. The summed E-state index contributed by atoms with van der Waals surface area (Å²) < 4.78 is 12.7. The number of hydrogen-bond donors (Lipinski definition) is 1. The van der Waals surface area contributed by atoms with Gasteiger partial charge in [-0.15, -0.1) is 0 Å². The van der Waals surface area contributed by atoms with Gasteiger partial charge in [-0.3, -0.25) is 14.7 Å². The van der Waals surface area contributed by atoms with Crippen molar-refractivity contribution in [1.29, 1.82) is 0 Å². The first kappa shape index (κ1) is 29.5. The third-order valence-electron chi connectivity index (χ3n) is 7.67. The highest BCUT2D eigenvalue weighted by molar-refractivity contribution is 5.97. The normalized spacial score (nSPS) is 19.0. The molecule has 0 fully saturated rings. The Bertz CT molecular complexity index is 1400. The third-order valence-corrected chi connectivity index (χ3v) is 7.67. The molecule has 0 aliphatic carbocycles. The van der Waals surface area contributed by atoms with Gasteiger partial charge >= 0.3 is 0 Å². The summed E-state index contributed by atoms with van der Waals surface area (Å²) in [4.78, 5) is 20.9. The fourth-order valence-electron chi connectivity index (χ4n) is 5.49. The van der Waals surface area contributed by atoms with Gasteiger partial charge in [0.1, 0.15) is 12.4 Å². The average Bonchev–Trinajstić information content (AvgIpc) is 3.01. The van der Waals surface area contributed by atoms with E-state index in [0.29, 0.717) is 37.6 Å². The van der Waals surface area contributed by atoms with Crippen LogP contribution in [0, 0.1) is 6.92 Å². The lowest BCUT2D eigenvalue weighted by atomic mass is 10.0. The van der Waals surface area contributed by atoms with Gasteiger partial charge in [-0.1, -0.05) is 78.9 Å². The number of nitrogens with one attached hydrogen (secondary N) is 1. The fourth-order valence-corrected chi connectivity index (χ4v) is 5.49. The van der Waals surface area contributed by atoms with Crippen LogP contribution < -0.4 is 10.1 Å². The molecule has 0 saturated heterocycles. The van der Waals surface area contributed by atoms with Gasteiger partial charge in [0.2, 0.25) is 0 Å². The quantitative estimate of drug-likeness (QED) is 0.310. The van der Waals surface area contributed by atoms with Crippen LogP contribution in [0.5, 0.6) is 5.75 Å². The molecule has 6 nitrogen and oxygen atoms in total. The predicted molar refractivity (Wildman–Crippen MR) is 167 cm³/mol. The molecule has 1 aliphatic heterocycles. The molecular weight excluding hydrogens is 522 g/mol. The summed E-state index contributed by atoms with van der Waals surface area (Å²) in [5, 5.41) is 3.23. The zero-order valence-electron chi connectivity index (χ0n) is 24.5. The molecule has 0 saturated carbocycles. The number of para-hydroxylation sites is 1. The highest BCUT2D eigenvalue weighted by Gasteiger charge is 2.23. The molecular formula is C36H41N3O3. The summed E-state index contributed by atoms with van der Waals surface area (Å²) >= 11 is 0. The van der Waals surface area contributed by atoms with Crippen LogP contribution >= 0.6 is 0 Å². The molecule has 1 aromatic heterocycles. The zero-order valence-corrected chi connectivity index (χ0v) is 24.5. The van der Waals surface area contributed by atoms with E-state index in [2.05, 4.69) is 58.7 Å². The van der Waals surface area contributed by atoms with Crippen LogP contribution in [0.15, 0.2) is 103 Å². The maximum absolute atomic E-state index is 13.6. The number of amides is 1. The van der Waals surface area contributed by atoms with Gasteiger partial charge in [-0.2, -0.15) is 0 Å². The standard InChI is InChI=1S/C36H41N3O3/c1-28-13-12-18-31(37-28)25-39-21-10-11-22-41-26-32(23-29-14-4-2-5-15-29)38-36(40)34-19-8-9-20-35(34)42-27-33(39)24-30-16-6-3-7-17-30/h2-9,12-20,32-33H,10-11,21-27H2,1H3,(H,38,40)/t32-,33-/m0/s1. The zero-order chi connectivity index (χ0) is 29.0. The van der Waals surface area contributed by atoms with E-state index in [0.717, 1.165) is 49.3 Å². The van der Waals surface area contributed by atoms with Gasteiger partial charge in [0.25, 0.3) is 5.91 Å². The van der Waals surface area contributed by atoms with Gasteiger partial charge in [0, 0.05) is 24.9 Å². The molecule has 0 radical (unpaired) electrons. The summed E-state index contributed by atoms with van der Waals surface area (Å²) in [6.45, 7) is 5.21. The first-order valence-corrected chi connectivity index (χ1v) is 15.0.